The third-order valence-electron chi connectivity index (χ3n) is 2.23. The van der Waals surface area contributed by atoms with E-state index in [2.05, 4.69) is 43.2 Å². The first kappa shape index (κ1) is 14.8. The van der Waals surface area contributed by atoms with Crippen molar-refractivity contribution in [3.8, 4) is 0 Å². The Morgan fingerprint density at radius 1 is 1.37 bits per heavy atom. The number of benzene rings is 1. The lowest BCUT2D eigenvalue weighted by atomic mass is 10.3. The van der Waals surface area contributed by atoms with Gasteiger partial charge < -0.3 is 9.52 Å². The molecule has 0 atom stereocenters. The van der Waals surface area contributed by atoms with Crippen molar-refractivity contribution in [2.24, 2.45) is 0 Å². The second-order valence-corrected chi connectivity index (χ2v) is 7.24. The van der Waals surface area contributed by atoms with Crippen LogP contribution in [0, 0.1) is 3.57 Å². The largest absolute Gasteiger partial charge is 0.450 e. The summed E-state index contributed by atoms with van der Waals surface area (Å²) in [5.74, 6) is 0.176. The fourth-order valence-corrected chi connectivity index (χ4v) is 4.01. The normalized spacial score (nSPS) is 11.5. The molecule has 2 N–H and O–H groups in total. The summed E-state index contributed by atoms with van der Waals surface area (Å²) in [5, 5.41) is 8.94. The van der Waals surface area contributed by atoms with Gasteiger partial charge in [-0.2, -0.15) is 0 Å². The van der Waals surface area contributed by atoms with E-state index in [4.69, 9.17) is 9.52 Å². The van der Waals surface area contributed by atoms with Gasteiger partial charge in [0.2, 0.25) is 0 Å². The van der Waals surface area contributed by atoms with Crippen LogP contribution in [-0.4, -0.2) is 13.5 Å². The third kappa shape index (κ3) is 3.50. The summed E-state index contributed by atoms with van der Waals surface area (Å²) in [6, 6.07) is 8.25. The predicted octanol–water partition coefficient (Wildman–Crippen LogP) is 2.94. The zero-order valence-corrected chi connectivity index (χ0v) is 14.0. The standard InChI is InChI=1S/C11H9BrINO4S/c12-11-10(5-9(6-15)18-11)19(16,17)14-8-3-1-2-7(13)4-8/h1-5,14-15H,6H2. The average Bonchev–Trinajstić information content (AvgIpc) is 2.71. The smallest absolute Gasteiger partial charge is 0.266 e. The molecule has 0 unspecified atom stereocenters. The molecule has 0 saturated heterocycles. The Morgan fingerprint density at radius 3 is 2.68 bits per heavy atom. The Bertz CT molecular complexity index is 698. The fourth-order valence-electron chi connectivity index (χ4n) is 1.42. The molecule has 5 nitrogen and oxygen atoms in total. The van der Waals surface area contributed by atoms with Crippen molar-refractivity contribution in [3.63, 3.8) is 0 Å². The van der Waals surface area contributed by atoms with E-state index < -0.39 is 10.0 Å². The number of hydrogen-bond donors (Lipinski definition) is 2. The predicted molar refractivity (Wildman–Crippen MR) is 82.3 cm³/mol. The first-order valence-electron chi connectivity index (χ1n) is 5.10. The highest BCUT2D eigenvalue weighted by molar-refractivity contribution is 14.1. The van der Waals surface area contributed by atoms with E-state index in [1.807, 2.05) is 6.07 Å². The lowest BCUT2D eigenvalue weighted by Gasteiger charge is -2.06. The highest BCUT2D eigenvalue weighted by atomic mass is 127. The maximum Gasteiger partial charge on any atom is 0.266 e. The zero-order valence-electron chi connectivity index (χ0n) is 9.43. The van der Waals surface area contributed by atoms with Crippen molar-refractivity contribution in [2.45, 2.75) is 11.5 Å². The van der Waals surface area contributed by atoms with E-state index in [1.54, 1.807) is 18.2 Å². The van der Waals surface area contributed by atoms with Gasteiger partial charge in [0.05, 0.1) is 0 Å². The monoisotopic (exact) mass is 457 g/mol. The SMILES string of the molecule is O=S(=O)(Nc1cccc(I)c1)c1cc(CO)oc1Br. The first-order chi connectivity index (χ1) is 8.92. The van der Waals surface area contributed by atoms with Crippen LogP contribution >= 0.6 is 38.5 Å². The Morgan fingerprint density at radius 2 is 2.11 bits per heavy atom. The Kier molecular flexibility index (Phi) is 4.54. The molecule has 102 valence electrons. The second kappa shape index (κ2) is 5.81. The number of hydrogen-bond acceptors (Lipinski definition) is 4. The zero-order chi connectivity index (χ0) is 14.0. The van der Waals surface area contributed by atoms with Crippen molar-refractivity contribution in [2.75, 3.05) is 4.72 Å². The number of aliphatic hydroxyl groups excluding tert-OH is 1. The first-order valence-corrected chi connectivity index (χ1v) is 8.45. The van der Waals surface area contributed by atoms with Crippen LogP contribution in [0.5, 0.6) is 0 Å². The molecule has 0 bridgehead atoms. The van der Waals surface area contributed by atoms with Crippen LogP contribution < -0.4 is 4.72 Å². The summed E-state index contributed by atoms with van der Waals surface area (Å²) in [6.07, 6.45) is 0. The van der Waals surface area contributed by atoms with E-state index in [0.717, 1.165) is 3.57 Å². The molecule has 2 aromatic rings. The van der Waals surface area contributed by atoms with Gasteiger partial charge in [-0.3, -0.25) is 4.72 Å². The number of furan rings is 1. The molecule has 0 aliphatic rings. The van der Waals surface area contributed by atoms with Crippen LogP contribution in [0.4, 0.5) is 5.69 Å². The minimum atomic E-state index is -3.76. The van der Waals surface area contributed by atoms with Gasteiger partial charge in [-0.25, -0.2) is 8.42 Å². The summed E-state index contributed by atoms with van der Waals surface area (Å²) in [7, 11) is -3.76. The molecule has 1 heterocycles. The maximum atomic E-state index is 12.2. The Balaban J connectivity index is 2.34. The molecular formula is C11H9BrINO4S. The van der Waals surface area contributed by atoms with Crippen LogP contribution in [-0.2, 0) is 16.6 Å². The quantitative estimate of drug-likeness (QED) is 0.692. The highest BCUT2D eigenvalue weighted by Crippen LogP contribution is 2.28. The van der Waals surface area contributed by atoms with Crippen molar-refractivity contribution in [3.05, 3.63) is 44.3 Å². The van der Waals surface area contributed by atoms with E-state index in [-0.39, 0.29) is 21.9 Å². The average molecular weight is 458 g/mol. The molecule has 0 amide bonds. The van der Waals surface area contributed by atoms with Gasteiger partial charge in [-0.05, 0) is 56.7 Å². The molecule has 0 aliphatic carbocycles. The maximum absolute atomic E-state index is 12.2. The van der Waals surface area contributed by atoms with Gasteiger partial charge in [-0.1, -0.05) is 6.07 Å². The van der Waals surface area contributed by atoms with Crippen LogP contribution in [0.3, 0.4) is 0 Å². The minimum absolute atomic E-state index is 0.0459. The van der Waals surface area contributed by atoms with Gasteiger partial charge in [0.25, 0.3) is 10.0 Å². The number of nitrogens with one attached hydrogen (secondary N) is 1. The number of sulfonamides is 1. The van der Waals surface area contributed by atoms with E-state index in [9.17, 15) is 8.42 Å². The van der Waals surface area contributed by atoms with Gasteiger partial charge in [0.1, 0.15) is 17.3 Å². The van der Waals surface area contributed by atoms with E-state index >= 15 is 0 Å². The highest BCUT2D eigenvalue weighted by Gasteiger charge is 2.22. The number of halogens is 2. The Labute approximate surface area is 132 Å². The fraction of sp³-hybridized carbons (Fsp3) is 0.0909. The van der Waals surface area contributed by atoms with Crippen molar-refractivity contribution >= 4 is 54.2 Å². The topological polar surface area (TPSA) is 79.5 Å². The lowest BCUT2D eigenvalue weighted by Crippen LogP contribution is -2.12. The molecule has 2 rings (SSSR count). The molecular weight excluding hydrogens is 449 g/mol. The van der Waals surface area contributed by atoms with Gasteiger partial charge in [0, 0.05) is 15.3 Å². The molecule has 0 aliphatic heterocycles. The third-order valence-corrected chi connectivity index (χ3v) is 5.14. The van der Waals surface area contributed by atoms with Gasteiger partial charge >= 0.3 is 0 Å². The number of rotatable bonds is 4. The summed E-state index contributed by atoms with van der Waals surface area (Å²) >= 11 is 5.12. The molecule has 0 radical (unpaired) electrons. The summed E-state index contributed by atoms with van der Waals surface area (Å²) in [5.41, 5.74) is 0.463. The Hall–Kier alpha value is -0.580. The van der Waals surface area contributed by atoms with Gasteiger partial charge in [0.15, 0.2) is 4.67 Å². The minimum Gasteiger partial charge on any atom is -0.450 e. The van der Waals surface area contributed by atoms with Crippen LogP contribution in [0.2, 0.25) is 0 Å². The van der Waals surface area contributed by atoms with Crippen LogP contribution in [0.1, 0.15) is 5.76 Å². The van der Waals surface area contributed by atoms with E-state index in [0.29, 0.717) is 5.69 Å². The second-order valence-electron chi connectivity index (χ2n) is 3.62. The summed E-state index contributed by atoms with van der Waals surface area (Å²) < 4.78 is 32.8. The molecule has 1 aromatic carbocycles. The van der Waals surface area contributed by atoms with Crippen molar-refractivity contribution in [1.29, 1.82) is 0 Å². The van der Waals surface area contributed by atoms with Crippen LogP contribution in [0.15, 0.2) is 44.3 Å². The molecule has 8 heteroatoms. The summed E-state index contributed by atoms with van der Waals surface area (Å²) in [4.78, 5) is -0.0459. The molecule has 0 spiro atoms. The molecule has 19 heavy (non-hydrogen) atoms. The van der Waals surface area contributed by atoms with Crippen molar-refractivity contribution in [1.82, 2.24) is 0 Å². The lowest BCUT2D eigenvalue weighted by molar-refractivity contribution is 0.245. The molecule has 1 aromatic heterocycles. The van der Waals surface area contributed by atoms with Crippen LogP contribution in [0.25, 0.3) is 0 Å². The summed E-state index contributed by atoms with van der Waals surface area (Å²) in [6.45, 7) is -0.364. The number of anilines is 1. The molecule has 0 saturated carbocycles. The van der Waals surface area contributed by atoms with Crippen molar-refractivity contribution < 1.29 is 17.9 Å². The number of aliphatic hydroxyl groups is 1. The van der Waals surface area contributed by atoms with E-state index in [1.165, 1.54) is 6.07 Å². The molecule has 0 fully saturated rings. The van der Waals surface area contributed by atoms with Gasteiger partial charge in [-0.15, -0.1) is 0 Å².